The van der Waals surface area contributed by atoms with Crippen molar-refractivity contribution >= 4 is 5.78 Å². The molecule has 3 rings (SSSR count). The first-order valence-corrected chi connectivity index (χ1v) is 7.86. The number of ketones is 1. The molecule has 2 heterocycles. The van der Waals surface area contributed by atoms with Gasteiger partial charge in [-0.2, -0.15) is 0 Å². The number of carbonyl (C=O) groups excluding carboxylic acids is 1. The first-order valence-electron chi connectivity index (χ1n) is 7.86. The highest BCUT2D eigenvalue weighted by molar-refractivity contribution is 5.98. The molecule has 114 valence electrons. The molecule has 0 aliphatic carbocycles. The Morgan fingerprint density at radius 3 is 2.76 bits per heavy atom. The average molecular weight is 291 g/mol. The Bertz CT molecular complexity index is 482. The van der Waals surface area contributed by atoms with E-state index in [0.717, 1.165) is 51.9 Å². The van der Waals surface area contributed by atoms with Gasteiger partial charge in [0.1, 0.15) is 5.82 Å². The van der Waals surface area contributed by atoms with Crippen molar-refractivity contribution in [3.63, 3.8) is 0 Å². The Balaban J connectivity index is 1.59. The summed E-state index contributed by atoms with van der Waals surface area (Å²) in [7, 11) is 0. The molecule has 2 fully saturated rings. The Hall–Kier alpha value is -1.26. The monoisotopic (exact) mass is 291 g/mol. The van der Waals surface area contributed by atoms with Crippen molar-refractivity contribution < 1.29 is 13.9 Å². The van der Waals surface area contributed by atoms with Gasteiger partial charge in [-0.15, -0.1) is 0 Å². The van der Waals surface area contributed by atoms with Crippen molar-refractivity contribution in [1.82, 2.24) is 4.90 Å². The minimum absolute atomic E-state index is 0.0330. The quantitative estimate of drug-likeness (QED) is 0.799. The van der Waals surface area contributed by atoms with Crippen LogP contribution in [-0.4, -0.2) is 43.0 Å². The van der Waals surface area contributed by atoms with E-state index >= 15 is 0 Å². The van der Waals surface area contributed by atoms with Gasteiger partial charge in [-0.1, -0.05) is 0 Å². The number of hydrogen-bond donors (Lipinski definition) is 0. The summed E-state index contributed by atoms with van der Waals surface area (Å²) in [5.41, 5.74) is 0.625. The molecule has 2 atom stereocenters. The molecule has 2 aliphatic rings. The van der Waals surface area contributed by atoms with E-state index < -0.39 is 0 Å². The molecule has 2 aliphatic heterocycles. The summed E-state index contributed by atoms with van der Waals surface area (Å²) >= 11 is 0. The fourth-order valence-corrected chi connectivity index (χ4v) is 3.36. The molecular formula is C17H22FNO2. The summed E-state index contributed by atoms with van der Waals surface area (Å²) in [6.45, 7) is 3.66. The van der Waals surface area contributed by atoms with E-state index in [1.54, 1.807) is 12.1 Å². The van der Waals surface area contributed by atoms with Gasteiger partial charge >= 0.3 is 0 Å². The number of hydrogen-bond acceptors (Lipinski definition) is 3. The molecule has 1 aromatic rings. The van der Waals surface area contributed by atoms with Gasteiger partial charge in [0.25, 0.3) is 0 Å². The summed E-state index contributed by atoms with van der Waals surface area (Å²) in [4.78, 5) is 14.9. The van der Waals surface area contributed by atoms with Gasteiger partial charge in [0.15, 0.2) is 5.78 Å². The highest BCUT2D eigenvalue weighted by Crippen LogP contribution is 2.23. The van der Waals surface area contributed by atoms with Crippen LogP contribution < -0.4 is 0 Å². The molecule has 21 heavy (non-hydrogen) atoms. The largest absolute Gasteiger partial charge is 0.377 e. The van der Waals surface area contributed by atoms with Gasteiger partial charge in [-0.25, -0.2) is 4.39 Å². The summed E-state index contributed by atoms with van der Waals surface area (Å²) in [6, 6.07) is 5.91. The maximum atomic E-state index is 12.9. The molecule has 0 unspecified atom stereocenters. The lowest BCUT2D eigenvalue weighted by atomic mass is 9.90. The zero-order valence-electron chi connectivity index (χ0n) is 12.3. The lowest BCUT2D eigenvalue weighted by molar-refractivity contribution is 0.0522. The lowest BCUT2D eigenvalue weighted by Crippen LogP contribution is -2.42. The Kier molecular flexibility index (Phi) is 4.66. The smallest absolute Gasteiger partial charge is 0.167 e. The highest BCUT2D eigenvalue weighted by atomic mass is 19.1. The minimum Gasteiger partial charge on any atom is -0.377 e. The van der Waals surface area contributed by atoms with Crippen LogP contribution in [0.4, 0.5) is 4.39 Å². The molecular weight excluding hydrogens is 269 g/mol. The van der Waals surface area contributed by atoms with Crippen LogP contribution in [0.15, 0.2) is 24.3 Å². The van der Waals surface area contributed by atoms with Gasteiger partial charge in [0.2, 0.25) is 0 Å². The number of halogens is 1. The van der Waals surface area contributed by atoms with Gasteiger partial charge in [0.05, 0.1) is 6.10 Å². The number of Topliss-reactive ketones (excluding diaryl/α,β-unsaturated/α-hetero) is 1. The van der Waals surface area contributed by atoms with E-state index in [-0.39, 0.29) is 17.5 Å². The summed E-state index contributed by atoms with van der Waals surface area (Å²) < 4.78 is 18.6. The molecule has 0 spiro atoms. The summed E-state index contributed by atoms with van der Waals surface area (Å²) in [5.74, 6) is -0.118. The van der Waals surface area contributed by atoms with E-state index in [2.05, 4.69) is 4.90 Å². The van der Waals surface area contributed by atoms with Gasteiger partial charge in [-0.05, 0) is 56.5 Å². The number of piperidine rings is 1. The predicted octanol–water partition coefficient (Wildman–Crippen LogP) is 2.90. The average Bonchev–Trinajstić information content (AvgIpc) is 3.00. The highest BCUT2D eigenvalue weighted by Gasteiger charge is 2.28. The second-order valence-electron chi connectivity index (χ2n) is 6.10. The zero-order chi connectivity index (χ0) is 14.7. The van der Waals surface area contributed by atoms with Crippen molar-refractivity contribution in [3.05, 3.63) is 35.6 Å². The summed E-state index contributed by atoms with van der Waals surface area (Å²) in [5, 5.41) is 0. The fourth-order valence-electron chi connectivity index (χ4n) is 3.36. The van der Waals surface area contributed by atoms with Crippen LogP contribution in [0.25, 0.3) is 0 Å². The number of nitrogens with zero attached hydrogens (tertiary/aromatic N) is 1. The second kappa shape index (κ2) is 6.67. The van der Waals surface area contributed by atoms with Gasteiger partial charge in [-0.3, -0.25) is 4.79 Å². The van der Waals surface area contributed by atoms with Crippen LogP contribution >= 0.6 is 0 Å². The van der Waals surface area contributed by atoms with Crippen LogP contribution in [-0.2, 0) is 4.74 Å². The van der Waals surface area contributed by atoms with Crippen molar-refractivity contribution in [2.75, 3.05) is 26.2 Å². The molecule has 0 aromatic heterocycles. The first kappa shape index (κ1) is 14.7. The predicted molar refractivity (Wildman–Crippen MR) is 78.9 cm³/mol. The third-order valence-corrected chi connectivity index (χ3v) is 4.49. The van der Waals surface area contributed by atoms with Crippen LogP contribution in [0, 0.1) is 11.7 Å². The molecule has 0 amide bonds. The molecule has 1 aromatic carbocycles. The lowest BCUT2D eigenvalue weighted by Gasteiger charge is -2.33. The van der Waals surface area contributed by atoms with E-state index in [1.807, 2.05) is 0 Å². The number of benzene rings is 1. The zero-order valence-corrected chi connectivity index (χ0v) is 12.3. The maximum absolute atomic E-state index is 12.9. The fraction of sp³-hybridized carbons (Fsp3) is 0.588. The molecule has 0 saturated carbocycles. The number of carbonyl (C=O) groups is 1. The number of rotatable bonds is 4. The van der Waals surface area contributed by atoms with E-state index in [4.69, 9.17) is 4.74 Å². The maximum Gasteiger partial charge on any atom is 0.167 e. The molecule has 3 nitrogen and oxygen atoms in total. The third-order valence-electron chi connectivity index (χ3n) is 4.49. The molecule has 0 radical (unpaired) electrons. The standard InChI is InChI=1S/C17H22FNO2/c18-15-7-5-13(6-8-15)17(20)14-3-1-9-19(11-14)12-16-4-2-10-21-16/h5-8,14,16H,1-4,9-12H2/t14-,16-/m1/s1. The SMILES string of the molecule is O=C(c1ccc(F)cc1)[C@@H]1CCCN(C[C@H]2CCCO2)C1. The van der Waals surface area contributed by atoms with E-state index in [9.17, 15) is 9.18 Å². The third kappa shape index (κ3) is 3.69. The molecule has 0 bridgehead atoms. The van der Waals surface area contributed by atoms with E-state index in [1.165, 1.54) is 12.1 Å². The van der Waals surface area contributed by atoms with Crippen molar-refractivity contribution in [3.8, 4) is 0 Å². The van der Waals surface area contributed by atoms with Crippen molar-refractivity contribution in [1.29, 1.82) is 0 Å². The molecule has 4 heteroatoms. The Labute approximate surface area is 125 Å². The minimum atomic E-state index is -0.296. The van der Waals surface area contributed by atoms with Gasteiger partial charge < -0.3 is 9.64 Å². The topological polar surface area (TPSA) is 29.5 Å². The Morgan fingerprint density at radius 2 is 2.05 bits per heavy atom. The van der Waals surface area contributed by atoms with Crippen LogP contribution in [0.2, 0.25) is 0 Å². The Morgan fingerprint density at radius 1 is 1.24 bits per heavy atom. The van der Waals surface area contributed by atoms with Gasteiger partial charge in [0, 0.05) is 31.2 Å². The van der Waals surface area contributed by atoms with E-state index in [0.29, 0.717) is 11.7 Å². The summed E-state index contributed by atoms with van der Waals surface area (Å²) in [6.07, 6.45) is 4.59. The van der Waals surface area contributed by atoms with Crippen molar-refractivity contribution in [2.45, 2.75) is 31.8 Å². The molecule has 2 saturated heterocycles. The van der Waals surface area contributed by atoms with Crippen LogP contribution in [0.3, 0.4) is 0 Å². The number of ether oxygens (including phenoxy) is 1. The van der Waals surface area contributed by atoms with Crippen LogP contribution in [0.5, 0.6) is 0 Å². The second-order valence-corrected chi connectivity index (χ2v) is 6.10. The normalized spacial score (nSPS) is 26.9. The van der Waals surface area contributed by atoms with Crippen molar-refractivity contribution in [2.24, 2.45) is 5.92 Å². The number of likely N-dealkylation sites (tertiary alicyclic amines) is 1. The van der Waals surface area contributed by atoms with Crippen LogP contribution in [0.1, 0.15) is 36.0 Å². The molecule has 0 N–H and O–H groups in total. The first-order chi connectivity index (χ1) is 10.2.